The van der Waals surface area contributed by atoms with Gasteiger partial charge in [-0.3, -0.25) is 4.79 Å². The SMILES string of the molecule is CCOc1ccc(CCNC(=O)C(C)C(N)c2ccccc2)cc1OCC.Cl. The van der Waals surface area contributed by atoms with Crippen LogP contribution in [0.1, 0.15) is 37.9 Å². The molecule has 0 bridgehead atoms. The highest BCUT2D eigenvalue weighted by atomic mass is 35.5. The molecule has 5 nitrogen and oxygen atoms in total. The van der Waals surface area contributed by atoms with Crippen LogP contribution in [0.4, 0.5) is 0 Å². The maximum Gasteiger partial charge on any atom is 0.224 e. The van der Waals surface area contributed by atoms with Crippen molar-refractivity contribution >= 4 is 18.3 Å². The van der Waals surface area contributed by atoms with E-state index >= 15 is 0 Å². The molecule has 2 aromatic rings. The molecule has 0 aliphatic heterocycles. The van der Waals surface area contributed by atoms with E-state index in [2.05, 4.69) is 5.32 Å². The lowest BCUT2D eigenvalue weighted by molar-refractivity contribution is -0.125. The van der Waals surface area contributed by atoms with Crippen molar-refractivity contribution < 1.29 is 14.3 Å². The number of nitrogens with one attached hydrogen (secondary N) is 1. The van der Waals surface area contributed by atoms with E-state index in [1.165, 1.54) is 0 Å². The van der Waals surface area contributed by atoms with Gasteiger partial charge in [-0.05, 0) is 43.5 Å². The maximum atomic E-state index is 12.4. The molecular formula is C22H31ClN2O3. The third-order valence-corrected chi connectivity index (χ3v) is 4.46. The van der Waals surface area contributed by atoms with Gasteiger partial charge in [0.05, 0.1) is 19.1 Å². The first-order valence-corrected chi connectivity index (χ1v) is 9.53. The molecule has 0 aromatic heterocycles. The zero-order valence-corrected chi connectivity index (χ0v) is 17.6. The van der Waals surface area contributed by atoms with Crippen LogP contribution in [0.5, 0.6) is 11.5 Å². The summed E-state index contributed by atoms with van der Waals surface area (Å²) < 4.78 is 11.2. The molecule has 0 aliphatic rings. The molecule has 0 saturated carbocycles. The molecule has 0 radical (unpaired) electrons. The van der Waals surface area contributed by atoms with E-state index in [9.17, 15) is 4.79 Å². The standard InChI is InChI=1S/C22H30N2O3.ClH/c1-4-26-19-12-11-17(15-20(19)27-5-2)13-14-24-22(25)16(3)21(23)18-9-7-6-8-10-18;/h6-12,15-16,21H,4-5,13-14,23H2,1-3H3,(H,24,25);1H. The number of rotatable bonds is 10. The number of nitrogens with two attached hydrogens (primary N) is 1. The minimum atomic E-state index is -0.318. The summed E-state index contributed by atoms with van der Waals surface area (Å²) >= 11 is 0. The van der Waals surface area contributed by atoms with Crippen molar-refractivity contribution in [3.05, 3.63) is 59.7 Å². The molecule has 154 valence electrons. The number of benzene rings is 2. The highest BCUT2D eigenvalue weighted by Gasteiger charge is 2.21. The first-order chi connectivity index (χ1) is 13.1. The number of carbonyl (C=O) groups is 1. The predicted molar refractivity (Wildman–Crippen MR) is 115 cm³/mol. The van der Waals surface area contributed by atoms with Gasteiger partial charge >= 0.3 is 0 Å². The van der Waals surface area contributed by atoms with Gasteiger partial charge in [0.2, 0.25) is 5.91 Å². The van der Waals surface area contributed by atoms with Gasteiger partial charge < -0.3 is 20.5 Å². The van der Waals surface area contributed by atoms with E-state index in [0.29, 0.717) is 26.2 Å². The van der Waals surface area contributed by atoms with Crippen molar-refractivity contribution in [1.29, 1.82) is 0 Å². The Morgan fingerprint density at radius 1 is 1.04 bits per heavy atom. The predicted octanol–water partition coefficient (Wildman–Crippen LogP) is 3.90. The smallest absolute Gasteiger partial charge is 0.224 e. The summed E-state index contributed by atoms with van der Waals surface area (Å²) in [6.07, 6.45) is 0.714. The summed E-state index contributed by atoms with van der Waals surface area (Å²) in [5, 5.41) is 2.98. The Balaban J connectivity index is 0.00000392. The molecule has 0 saturated heterocycles. The molecule has 28 heavy (non-hydrogen) atoms. The second-order valence-electron chi connectivity index (χ2n) is 6.41. The van der Waals surface area contributed by atoms with Crippen LogP contribution in [0, 0.1) is 5.92 Å². The minimum Gasteiger partial charge on any atom is -0.490 e. The number of hydrogen-bond donors (Lipinski definition) is 2. The first-order valence-electron chi connectivity index (χ1n) is 9.53. The average molecular weight is 407 g/mol. The maximum absolute atomic E-state index is 12.4. The van der Waals surface area contributed by atoms with Gasteiger partial charge in [0.25, 0.3) is 0 Å². The van der Waals surface area contributed by atoms with Crippen molar-refractivity contribution in [2.45, 2.75) is 33.2 Å². The average Bonchev–Trinajstić information content (AvgIpc) is 2.69. The summed E-state index contributed by atoms with van der Waals surface area (Å²) in [5.74, 6) is 1.14. The molecule has 6 heteroatoms. The largest absolute Gasteiger partial charge is 0.490 e. The molecule has 2 rings (SSSR count). The fourth-order valence-corrected chi connectivity index (χ4v) is 2.87. The van der Waals surface area contributed by atoms with Crippen LogP contribution in [0.15, 0.2) is 48.5 Å². The molecule has 2 atom stereocenters. The monoisotopic (exact) mass is 406 g/mol. The quantitative estimate of drug-likeness (QED) is 0.627. The lowest BCUT2D eigenvalue weighted by atomic mass is 9.94. The summed E-state index contributed by atoms with van der Waals surface area (Å²) in [5.41, 5.74) is 8.28. The van der Waals surface area contributed by atoms with Crippen LogP contribution < -0.4 is 20.5 Å². The normalized spacial score (nSPS) is 12.4. The van der Waals surface area contributed by atoms with Crippen LogP contribution in [0.25, 0.3) is 0 Å². The lowest BCUT2D eigenvalue weighted by Gasteiger charge is -2.20. The highest BCUT2D eigenvalue weighted by Crippen LogP contribution is 2.28. The van der Waals surface area contributed by atoms with Crippen molar-refractivity contribution in [3.63, 3.8) is 0 Å². The van der Waals surface area contributed by atoms with Crippen molar-refractivity contribution in [3.8, 4) is 11.5 Å². The molecule has 3 N–H and O–H groups in total. The number of carbonyl (C=O) groups excluding carboxylic acids is 1. The van der Waals surface area contributed by atoms with Gasteiger partial charge in [-0.25, -0.2) is 0 Å². The number of ether oxygens (including phenoxy) is 2. The van der Waals surface area contributed by atoms with Crippen molar-refractivity contribution in [2.24, 2.45) is 11.7 Å². The fourth-order valence-electron chi connectivity index (χ4n) is 2.87. The number of halogens is 1. The Labute approximate surface area is 174 Å². The molecule has 2 unspecified atom stereocenters. The van der Waals surface area contributed by atoms with Gasteiger partial charge in [-0.15, -0.1) is 12.4 Å². The van der Waals surface area contributed by atoms with E-state index in [4.69, 9.17) is 15.2 Å². The Morgan fingerprint density at radius 3 is 2.32 bits per heavy atom. The van der Waals surface area contributed by atoms with Crippen LogP contribution in [0.3, 0.4) is 0 Å². The molecule has 0 fully saturated rings. The second kappa shape index (κ2) is 12.3. The highest BCUT2D eigenvalue weighted by molar-refractivity contribution is 5.85. The van der Waals surface area contributed by atoms with Crippen LogP contribution in [-0.2, 0) is 11.2 Å². The van der Waals surface area contributed by atoms with E-state index in [0.717, 1.165) is 22.6 Å². The minimum absolute atomic E-state index is 0. The summed E-state index contributed by atoms with van der Waals surface area (Å²) in [4.78, 5) is 12.4. The molecule has 0 aliphatic carbocycles. The lowest BCUT2D eigenvalue weighted by Crippen LogP contribution is -2.36. The summed E-state index contributed by atoms with van der Waals surface area (Å²) in [6, 6.07) is 15.3. The van der Waals surface area contributed by atoms with E-state index in [1.54, 1.807) is 0 Å². The van der Waals surface area contributed by atoms with Crippen molar-refractivity contribution in [1.82, 2.24) is 5.32 Å². The number of hydrogen-bond acceptors (Lipinski definition) is 4. The van der Waals surface area contributed by atoms with Gasteiger partial charge in [-0.2, -0.15) is 0 Å². The third kappa shape index (κ3) is 6.73. The molecule has 1 amide bonds. The Morgan fingerprint density at radius 2 is 1.68 bits per heavy atom. The van der Waals surface area contributed by atoms with Crippen molar-refractivity contribution in [2.75, 3.05) is 19.8 Å². The Hall–Kier alpha value is -2.24. The van der Waals surface area contributed by atoms with Crippen LogP contribution in [-0.4, -0.2) is 25.7 Å². The zero-order chi connectivity index (χ0) is 19.6. The van der Waals surface area contributed by atoms with E-state index in [1.807, 2.05) is 69.3 Å². The van der Waals surface area contributed by atoms with Crippen LogP contribution in [0.2, 0.25) is 0 Å². The molecule has 2 aromatic carbocycles. The third-order valence-electron chi connectivity index (χ3n) is 4.46. The molecule has 0 heterocycles. The van der Waals surface area contributed by atoms with Gasteiger partial charge in [0.1, 0.15) is 0 Å². The van der Waals surface area contributed by atoms with E-state index < -0.39 is 0 Å². The Kier molecular flexibility index (Phi) is 10.4. The molecular weight excluding hydrogens is 376 g/mol. The summed E-state index contributed by atoms with van der Waals surface area (Å²) in [6.45, 7) is 7.46. The molecule has 0 spiro atoms. The first kappa shape index (κ1) is 23.8. The summed E-state index contributed by atoms with van der Waals surface area (Å²) in [7, 11) is 0. The fraction of sp³-hybridized carbons (Fsp3) is 0.409. The van der Waals surface area contributed by atoms with Crippen LogP contribution >= 0.6 is 12.4 Å². The second-order valence-corrected chi connectivity index (χ2v) is 6.41. The van der Waals surface area contributed by atoms with Gasteiger partial charge in [0.15, 0.2) is 11.5 Å². The number of amides is 1. The van der Waals surface area contributed by atoms with E-state index in [-0.39, 0.29) is 30.3 Å². The zero-order valence-electron chi connectivity index (χ0n) is 16.8. The van der Waals surface area contributed by atoms with Gasteiger partial charge in [-0.1, -0.05) is 43.3 Å². The van der Waals surface area contributed by atoms with Gasteiger partial charge in [0, 0.05) is 12.6 Å². The topological polar surface area (TPSA) is 73.6 Å². The Bertz CT molecular complexity index is 725.